The second-order valence-electron chi connectivity index (χ2n) is 6.62. The number of hydrogen-bond donors (Lipinski definition) is 1. The quantitative estimate of drug-likeness (QED) is 0.917. The average molecular weight is 306 g/mol. The zero-order chi connectivity index (χ0) is 15.0. The predicted octanol–water partition coefficient (Wildman–Crippen LogP) is 3.52. The number of aromatic nitrogens is 2. The fourth-order valence-electron chi connectivity index (χ4n) is 3.26. The number of nitrogens with one attached hydrogen (secondary N) is 1. The van der Waals surface area contributed by atoms with E-state index < -0.39 is 0 Å². The summed E-state index contributed by atoms with van der Waals surface area (Å²) >= 11 is 1.72. The number of thiazole rings is 1. The SMILES string of the molecule is CC(C)NCc1c(N2CCCC2C(C)C)nc2sccn12. The molecule has 1 N–H and O–H groups in total. The van der Waals surface area contributed by atoms with E-state index in [9.17, 15) is 0 Å². The Bertz CT molecular complexity index is 598. The standard InChI is InChI=1S/C16H26N4S/c1-11(2)13-6-5-7-19(13)15-14(10-17-12(3)4)20-8-9-21-16(20)18-15/h8-9,11-13,17H,5-7,10H2,1-4H3. The lowest BCUT2D eigenvalue weighted by Gasteiger charge is -2.28. The van der Waals surface area contributed by atoms with E-state index in [1.54, 1.807) is 11.3 Å². The van der Waals surface area contributed by atoms with Gasteiger partial charge in [0.15, 0.2) is 10.8 Å². The van der Waals surface area contributed by atoms with Gasteiger partial charge in [0.1, 0.15) is 0 Å². The Balaban J connectivity index is 1.96. The summed E-state index contributed by atoms with van der Waals surface area (Å²) in [5.41, 5.74) is 1.31. The van der Waals surface area contributed by atoms with Crippen molar-refractivity contribution >= 4 is 22.1 Å². The first-order valence-electron chi connectivity index (χ1n) is 8.02. The molecule has 0 spiro atoms. The van der Waals surface area contributed by atoms with Gasteiger partial charge in [0.25, 0.3) is 0 Å². The molecule has 1 atom stereocenters. The molecule has 3 rings (SSSR count). The number of nitrogens with zero attached hydrogens (tertiary/aromatic N) is 3. The molecule has 1 aliphatic rings. The highest BCUT2D eigenvalue weighted by molar-refractivity contribution is 7.15. The van der Waals surface area contributed by atoms with Crippen molar-refractivity contribution in [3.05, 3.63) is 17.3 Å². The molecule has 0 saturated carbocycles. The van der Waals surface area contributed by atoms with Crippen LogP contribution in [0.5, 0.6) is 0 Å². The van der Waals surface area contributed by atoms with Crippen molar-refractivity contribution in [3.63, 3.8) is 0 Å². The maximum absolute atomic E-state index is 4.93. The van der Waals surface area contributed by atoms with Crippen molar-refractivity contribution in [2.45, 2.75) is 59.2 Å². The number of imidazole rings is 1. The average Bonchev–Trinajstić information content (AvgIpc) is 3.10. The van der Waals surface area contributed by atoms with Crippen LogP contribution in [0.15, 0.2) is 11.6 Å². The molecule has 2 aromatic rings. The van der Waals surface area contributed by atoms with Gasteiger partial charge in [-0.05, 0) is 18.8 Å². The monoisotopic (exact) mass is 306 g/mol. The van der Waals surface area contributed by atoms with E-state index in [0.29, 0.717) is 18.0 Å². The Kier molecular flexibility index (Phi) is 4.22. The highest BCUT2D eigenvalue weighted by Crippen LogP contribution is 2.33. The second-order valence-corrected chi connectivity index (χ2v) is 7.49. The first kappa shape index (κ1) is 14.9. The Morgan fingerprint density at radius 3 is 2.90 bits per heavy atom. The molecule has 2 aromatic heterocycles. The summed E-state index contributed by atoms with van der Waals surface area (Å²) < 4.78 is 2.26. The van der Waals surface area contributed by atoms with Gasteiger partial charge >= 0.3 is 0 Å². The van der Waals surface area contributed by atoms with E-state index in [4.69, 9.17) is 4.98 Å². The number of fused-ring (bicyclic) bond motifs is 1. The Hall–Kier alpha value is -1.07. The van der Waals surface area contributed by atoms with E-state index in [2.05, 4.69) is 53.9 Å². The number of rotatable bonds is 5. The first-order valence-corrected chi connectivity index (χ1v) is 8.90. The minimum absolute atomic E-state index is 0.488. The molecule has 21 heavy (non-hydrogen) atoms. The number of anilines is 1. The van der Waals surface area contributed by atoms with Crippen LogP contribution in [0.25, 0.3) is 4.96 Å². The predicted molar refractivity (Wildman–Crippen MR) is 90.3 cm³/mol. The van der Waals surface area contributed by atoms with Crippen LogP contribution in [0.3, 0.4) is 0 Å². The molecule has 0 aliphatic carbocycles. The topological polar surface area (TPSA) is 32.6 Å². The van der Waals surface area contributed by atoms with Gasteiger partial charge in [-0.15, -0.1) is 11.3 Å². The Morgan fingerprint density at radius 2 is 2.19 bits per heavy atom. The lowest BCUT2D eigenvalue weighted by atomic mass is 10.0. The van der Waals surface area contributed by atoms with Crippen LogP contribution in [0.2, 0.25) is 0 Å². The summed E-state index contributed by atoms with van der Waals surface area (Å²) in [7, 11) is 0. The van der Waals surface area contributed by atoms with Crippen LogP contribution in [-0.4, -0.2) is 28.0 Å². The van der Waals surface area contributed by atoms with Crippen molar-refractivity contribution in [3.8, 4) is 0 Å². The fraction of sp³-hybridized carbons (Fsp3) is 0.688. The van der Waals surface area contributed by atoms with Crippen molar-refractivity contribution < 1.29 is 0 Å². The molecule has 116 valence electrons. The van der Waals surface area contributed by atoms with Gasteiger partial charge in [-0.1, -0.05) is 27.7 Å². The molecule has 4 nitrogen and oxygen atoms in total. The zero-order valence-corrected chi connectivity index (χ0v) is 14.3. The van der Waals surface area contributed by atoms with Gasteiger partial charge in [-0.3, -0.25) is 4.40 Å². The Morgan fingerprint density at radius 1 is 1.38 bits per heavy atom. The summed E-state index contributed by atoms with van der Waals surface area (Å²) in [6.07, 6.45) is 4.72. The van der Waals surface area contributed by atoms with Gasteiger partial charge in [-0.25, -0.2) is 4.98 Å². The summed E-state index contributed by atoms with van der Waals surface area (Å²) in [4.78, 5) is 8.59. The largest absolute Gasteiger partial charge is 0.352 e. The van der Waals surface area contributed by atoms with Gasteiger partial charge in [0.2, 0.25) is 0 Å². The minimum Gasteiger partial charge on any atom is -0.352 e. The smallest absolute Gasteiger partial charge is 0.195 e. The second kappa shape index (κ2) is 5.97. The third-order valence-electron chi connectivity index (χ3n) is 4.36. The molecular weight excluding hydrogens is 280 g/mol. The summed E-state index contributed by atoms with van der Waals surface area (Å²) in [6.45, 7) is 11.1. The zero-order valence-electron chi connectivity index (χ0n) is 13.5. The lowest BCUT2D eigenvalue weighted by Crippen LogP contribution is -2.35. The maximum Gasteiger partial charge on any atom is 0.195 e. The van der Waals surface area contributed by atoms with Crippen LogP contribution in [0.1, 0.15) is 46.2 Å². The van der Waals surface area contributed by atoms with E-state index in [0.717, 1.165) is 18.1 Å². The van der Waals surface area contributed by atoms with Crippen molar-refractivity contribution in [1.29, 1.82) is 0 Å². The molecule has 1 fully saturated rings. The van der Waals surface area contributed by atoms with E-state index in [1.165, 1.54) is 24.4 Å². The summed E-state index contributed by atoms with van der Waals surface area (Å²) in [5, 5.41) is 5.67. The van der Waals surface area contributed by atoms with Crippen molar-refractivity contribution in [2.75, 3.05) is 11.4 Å². The first-order chi connectivity index (χ1) is 10.1. The molecular formula is C16H26N4S. The molecule has 5 heteroatoms. The summed E-state index contributed by atoms with van der Waals surface area (Å²) in [6, 6.07) is 1.12. The third kappa shape index (κ3) is 2.81. The van der Waals surface area contributed by atoms with Crippen molar-refractivity contribution in [1.82, 2.24) is 14.7 Å². The van der Waals surface area contributed by atoms with E-state index >= 15 is 0 Å². The highest BCUT2D eigenvalue weighted by Gasteiger charge is 2.31. The molecule has 1 aliphatic heterocycles. The van der Waals surface area contributed by atoms with Gasteiger partial charge in [0.05, 0.1) is 5.69 Å². The molecule has 0 radical (unpaired) electrons. The van der Waals surface area contributed by atoms with E-state index in [-0.39, 0.29) is 0 Å². The van der Waals surface area contributed by atoms with Gasteiger partial charge in [-0.2, -0.15) is 0 Å². The maximum atomic E-state index is 4.93. The molecule has 0 bridgehead atoms. The molecule has 1 saturated heterocycles. The molecule has 1 unspecified atom stereocenters. The van der Waals surface area contributed by atoms with Gasteiger partial charge in [0, 0.05) is 36.8 Å². The number of hydrogen-bond acceptors (Lipinski definition) is 4. The molecule has 0 aromatic carbocycles. The fourth-order valence-corrected chi connectivity index (χ4v) is 3.99. The van der Waals surface area contributed by atoms with Crippen LogP contribution in [0, 0.1) is 5.92 Å². The molecule has 3 heterocycles. The van der Waals surface area contributed by atoms with Gasteiger partial charge < -0.3 is 10.2 Å². The van der Waals surface area contributed by atoms with Crippen LogP contribution in [0.4, 0.5) is 5.82 Å². The third-order valence-corrected chi connectivity index (χ3v) is 5.12. The van der Waals surface area contributed by atoms with Crippen LogP contribution >= 0.6 is 11.3 Å². The molecule has 0 amide bonds. The van der Waals surface area contributed by atoms with Crippen LogP contribution < -0.4 is 10.2 Å². The van der Waals surface area contributed by atoms with Crippen molar-refractivity contribution in [2.24, 2.45) is 5.92 Å². The summed E-state index contributed by atoms with van der Waals surface area (Å²) in [5.74, 6) is 1.88. The normalized spacial score (nSPS) is 19.5. The Labute approximate surface area is 131 Å². The van der Waals surface area contributed by atoms with E-state index in [1.807, 2.05) is 0 Å². The van der Waals surface area contributed by atoms with Crippen LogP contribution in [-0.2, 0) is 6.54 Å². The lowest BCUT2D eigenvalue weighted by molar-refractivity contribution is 0.488. The highest BCUT2D eigenvalue weighted by atomic mass is 32.1. The minimum atomic E-state index is 0.488.